The van der Waals surface area contributed by atoms with E-state index in [0.717, 1.165) is 15.9 Å². The van der Waals surface area contributed by atoms with Crippen molar-refractivity contribution < 1.29 is 0 Å². The van der Waals surface area contributed by atoms with Crippen LogP contribution in [0.25, 0.3) is 0 Å². The highest BCUT2D eigenvalue weighted by atomic mass is 35.5. The fourth-order valence-electron chi connectivity index (χ4n) is 1.85. The third-order valence-electron chi connectivity index (χ3n) is 3.13. The van der Waals surface area contributed by atoms with Crippen LogP contribution in [0.2, 0.25) is 5.02 Å². The third kappa shape index (κ3) is 3.42. The van der Waals surface area contributed by atoms with Crippen LogP contribution in [-0.4, -0.2) is 17.0 Å². The van der Waals surface area contributed by atoms with Crippen LogP contribution in [0.5, 0.6) is 0 Å². The van der Waals surface area contributed by atoms with E-state index < -0.39 is 0 Å². The summed E-state index contributed by atoms with van der Waals surface area (Å²) < 4.78 is 0. The summed E-state index contributed by atoms with van der Waals surface area (Å²) in [5, 5.41) is 5.30. The number of hydrogen-bond donors (Lipinski definition) is 1. The van der Waals surface area contributed by atoms with Crippen molar-refractivity contribution in [3.63, 3.8) is 0 Å². The van der Waals surface area contributed by atoms with Crippen molar-refractivity contribution >= 4 is 28.5 Å². The fraction of sp³-hybridized carbons (Fsp3) is 0.500. The van der Waals surface area contributed by atoms with E-state index in [4.69, 9.17) is 16.6 Å². The summed E-state index contributed by atoms with van der Waals surface area (Å²) in [6.07, 6.45) is 0. The molecule has 1 heterocycles. The van der Waals surface area contributed by atoms with E-state index in [9.17, 15) is 0 Å². The molecule has 4 heteroatoms. The van der Waals surface area contributed by atoms with Crippen LogP contribution in [0, 0.1) is 5.92 Å². The monoisotopic (exact) mass is 282 g/mol. The van der Waals surface area contributed by atoms with Gasteiger partial charge in [-0.2, -0.15) is 0 Å². The molecule has 0 bridgehead atoms. The number of aliphatic imine (C=N–C) groups is 1. The first-order valence-electron chi connectivity index (χ1n) is 6.29. The molecular formula is C14H19ClN2S. The normalized spacial score (nSPS) is 20.9. The van der Waals surface area contributed by atoms with Crippen LogP contribution in [0.4, 0.5) is 0 Å². The lowest BCUT2D eigenvalue weighted by atomic mass is 10.1. The minimum atomic E-state index is 0.237. The molecule has 0 radical (unpaired) electrons. The summed E-state index contributed by atoms with van der Waals surface area (Å²) in [5.41, 5.74) is 1.19. The maximum atomic E-state index is 6.01. The maximum absolute atomic E-state index is 6.01. The molecular weight excluding hydrogens is 264 g/mol. The highest BCUT2D eigenvalue weighted by Crippen LogP contribution is 2.24. The molecule has 1 aromatic rings. The zero-order chi connectivity index (χ0) is 13.1. The van der Waals surface area contributed by atoms with Crippen molar-refractivity contribution in [3.8, 4) is 0 Å². The number of benzene rings is 1. The van der Waals surface area contributed by atoms with E-state index >= 15 is 0 Å². The molecule has 98 valence electrons. The summed E-state index contributed by atoms with van der Waals surface area (Å²) in [5.74, 6) is 1.70. The number of thioether (sulfide) groups is 1. The Morgan fingerprint density at radius 3 is 2.78 bits per heavy atom. The predicted octanol–water partition coefficient (Wildman–Crippen LogP) is 4.12. The Kier molecular flexibility index (Phi) is 4.57. The molecule has 0 saturated carbocycles. The second kappa shape index (κ2) is 5.98. The standard InChI is InChI=1S/C14H19ClN2S/c1-9(2)13-8-18-14(17-13)16-10(3)11-5-4-6-12(15)7-11/h4-7,9-10,13H,8H2,1-3H3,(H,16,17)/t10?,13-/m1/s1. The maximum Gasteiger partial charge on any atom is 0.157 e. The van der Waals surface area contributed by atoms with Crippen molar-refractivity contribution in [2.24, 2.45) is 10.9 Å². The van der Waals surface area contributed by atoms with Crippen LogP contribution >= 0.6 is 23.4 Å². The zero-order valence-electron chi connectivity index (χ0n) is 11.0. The molecule has 2 nitrogen and oxygen atoms in total. The SMILES string of the molecule is CC(NC1=N[C@@H](C(C)C)CS1)c1cccc(Cl)c1. The van der Waals surface area contributed by atoms with Crippen LogP contribution in [-0.2, 0) is 0 Å². The molecule has 1 aliphatic heterocycles. The summed E-state index contributed by atoms with van der Waals surface area (Å²) >= 11 is 7.82. The van der Waals surface area contributed by atoms with Crippen molar-refractivity contribution in [3.05, 3.63) is 34.9 Å². The average molecular weight is 283 g/mol. The molecule has 1 unspecified atom stereocenters. The van der Waals surface area contributed by atoms with Crippen molar-refractivity contribution in [1.82, 2.24) is 5.32 Å². The number of amidine groups is 1. The molecule has 2 rings (SSSR count). The van der Waals surface area contributed by atoms with Gasteiger partial charge in [-0.05, 0) is 30.5 Å². The first-order valence-corrected chi connectivity index (χ1v) is 7.65. The predicted molar refractivity (Wildman–Crippen MR) is 81.5 cm³/mol. The summed E-state index contributed by atoms with van der Waals surface area (Å²) in [7, 11) is 0. The van der Waals surface area contributed by atoms with Crippen LogP contribution in [0.15, 0.2) is 29.3 Å². The Morgan fingerprint density at radius 1 is 1.39 bits per heavy atom. The summed E-state index contributed by atoms with van der Waals surface area (Å²) in [6.45, 7) is 6.58. The Balaban J connectivity index is 2.00. The molecule has 1 aromatic carbocycles. The lowest BCUT2D eigenvalue weighted by molar-refractivity contribution is 0.541. The Hall–Kier alpha value is -0.670. The first kappa shape index (κ1) is 13.8. The molecule has 0 amide bonds. The Labute approximate surface area is 118 Å². The smallest absolute Gasteiger partial charge is 0.157 e. The van der Waals surface area contributed by atoms with Gasteiger partial charge < -0.3 is 5.32 Å². The molecule has 2 atom stereocenters. The van der Waals surface area contributed by atoms with E-state index in [2.05, 4.69) is 32.2 Å². The second-order valence-corrected chi connectivity index (χ2v) is 6.42. The average Bonchev–Trinajstić information content (AvgIpc) is 2.77. The quantitative estimate of drug-likeness (QED) is 0.902. The van der Waals surface area contributed by atoms with Crippen LogP contribution < -0.4 is 5.32 Å². The summed E-state index contributed by atoms with van der Waals surface area (Å²) in [4.78, 5) is 4.71. The highest BCUT2D eigenvalue weighted by Gasteiger charge is 2.22. The van der Waals surface area contributed by atoms with Gasteiger partial charge in [0.2, 0.25) is 0 Å². The molecule has 1 N–H and O–H groups in total. The van der Waals surface area contributed by atoms with Gasteiger partial charge in [0.05, 0.1) is 12.1 Å². The van der Waals surface area contributed by atoms with E-state index in [0.29, 0.717) is 12.0 Å². The Bertz CT molecular complexity index is 445. The highest BCUT2D eigenvalue weighted by molar-refractivity contribution is 8.14. The van der Waals surface area contributed by atoms with Crippen LogP contribution in [0.3, 0.4) is 0 Å². The van der Waals surface area contributed by atoms with Gasteiger partial charge in [0.25, 0.3) is 0 Å². The lowest BCUT2D eigenvalue weighted by Gasteiger charge is -2.15. The zero-order valence-corrected chi connectivity index (χ0v) is 12.6. The van der Waals surface area contributed by atoms with Gasteiger partial charge in [0, 0.05) is 10.8 Å². The molecule has 0 aromatic heterocycles. The largest absolute Gasteiger partial charge is 0.358 e. The number of hydrogen-bond acceptors (Lipinski definition) is 3. The van der Waals surface area contributed by atoms with Gasteiger partial charge in [0.15, 0.2) is 5.17 Å². The van der Waals surface area contributed by atoms with E-state index in [-0.39, 0.29) is 6.04 Å². The number of halogens is 1. The minimum absolute atomic E-state index is 0.237. The fourth-order valence-corrected chi connectivity index (χ4v) is 3.31. The second-order valence-electron chi connectivity index (χ2n) is 4.98. The Morgan fingerprint density at radius 2 is 2.17 bits per heavy atom. The van der Waals surface area contributed by atoms with E-state index in [1.807, 2.05) is 30.0 Å². The van der Waals surface area contributed by atoms with Crippen molar-refractivity contribution in [1.29, 1.82) is 0 Å². The number of rotatable bonds is 3. The molecule has 0 fully saturated rings. The topological polar surface area (TPSA) is 24.4 Å². The van der Waals surface area contributed by atoms with Gasteiger partial charge in [-0.15, -0.1) is 0 Å². The molecule has 0 aliphatic carbocycles. The number of nitrogens with one attached hydrogen (secondary N) is 1. The van der Waals surface area contributed by atoms with Crippen LogP contribution in [0.1, 0.15) is 32.4 Å². The third-order valence-corrected chi connectivity index (χ3v) is 4.37. The minimum Gasteiger partial charge on any atom is -0.358 e. The van der Waals surface area contributed by atoms with Gasteiger partial charge in [-0.3, -0.25) is 4.99 Å². The van der Waals surface area contributed by atoms with E-state index in [1.165, 1.54) is 5.56 Å². The van der Waals surface area contributed by atoms with Gasteiger partial charge >= 0.3 is 0 Å². The van der Waals surface area contributed by atoms with Crippen molar-refractivity contribution in [2.45, 2.75) is 32.9 Å². The summed E-state index contributed by atoms with van der Waals surface area (Å²) in [6, 6.07) is 8.65. The van der Waals surface area contributed by atoms with Crippen molar-refractivity contribution in [2.75, 3.05) is 5.75 Å². The molecule has 18 heavy (non-hydrogen) atoms. The lowest BCUT2D eigenvalue weighted by Crippen LogP contribution is -2.23. The van der Waals surface area contributed by atoms with Gasteiger partial charge in [-0.25, -0.2) is 0 Å². The van der Waals surface area contributed by atoms with Gasteiger partial charge in [0.1, 0.15) is 0 Å². The first-order chi connectivity index (χ1) is 8.56. The molecule has 0 saturated heterocycles. The molecule has 1 aliphatic rings. The van der Waals surface area contributed by atoms with Gasteiger partial charge in [-0.1, -0.05) is 49.3 Å². The molecule has 0 spiro atoms. The van der Waals surface area contributed by atoms with E-state index in [1.54, 1.807) is 0 Å². The number of nitrogens with zero attached hydrogens (tertiary/aromatic N) is 1.